The third kappa shape index (κ3) is 8.66. The lowest BCUT2D eigenvalue weighted by molar-refractivity contribution is 0.0775. The Morgan fingerprint density at radius 2 is 1.73 bits per heavy atom. The second-order valence-electron chi connectivity index (χ2n) is 11.2. The number of aryl methyl sites for hydroxylation is 2. The predicted molar refractivity (Wildman–Crippen MR) is 175 cm³/mol. The number of nitrogens with one attached hydrogen (secondary N) is 2. The summed E-state index contributed by atoms with van der Waals surface area (Å²) in [5.74, 6) is 0.174. The number of aromatic nitrogens is 1. The third-order valence-corrected chi connectivity index (χ3v) is 9.81. The van der Waals surface area contributed by atoms with Crippen LogP contribution < -0.4 is 15.4 Å². The molecule has 0 bridgehead atoms. The van der Waals surface area contributed by atoms with Gasteiger partial charge < -0.3 is 20.5 Å². The summed E-state index contributed by atoms with van der Waals surface area (Å²) < 4.78 is 33.9. The van der Waals surface area contributed by atoms with E-state index in [1.54, 1.807) is 18.2 Å². The number of anilines is 2. The number of thiazole rings is 1. The van der Waals surface area contributed by atoms with Gasteiger partial charge in [-0.15, -0.1) is 11.3 Å². The summed E-state index contributed by atoms with van der Waals surface area (Å²) in [6.45, 7) is 7.60. The highest BCUT2D eigenvalue weighted by atomic mass is 32.2. The number of carbonyl (C=O) groups is 1. The van der Waals surface area contributed by atoms with Gasteiger partial charge in [0.15, 0.2) is 5.13 Å². The molecule has 11 heteroatoms. The lowest BCUT2D eigenvalue weighted by Crippen LogP contribution is -2.51. The van der Waals surface area contributed by atoms with E-state index in [4.69, 9.17) is 4.74 Å². The first-order chi connectivity index (χ1) is 21.0. The molecule has 0 aliphatic carbocycles. The van der Waals surface area contributed by atoms with Gasteiger partial charge in [0.2, 0.25) is 10.0 Å². The van der Waals surface area contributed by atoms with E-state index in [1.807, 2.05) is 75.5 Å². The van der Waals surface area contributed by atoms with Crippen LogP contribution in [0.5, 0.6) is 5.75 Å². The van der Waals surface area contributed by atoms with Gasteiger partial charge in [-0.2, -0.15) is 4.31 Å². The quantitative estimate of drug-likeness (QED) is 0.166. The Bertz CT molecular complexity index is 1640. The maximum absolute atomic E-state index is 13.7. The first-order valence-electron chi connectivity index (χ1n) is 14.4. The summed E-state index contributed by atoms with van der Waals surface area (Å²) in [5, 5.41) is 20.5. The van der Waals surface area contributed by atoms with E-state index in [9.17, 15) is 18.3 Å². The van der Waals surface area contributed by atoms with Crippen molar-refractivity contribution in [2.24, 2.45) is 5.92 Å². The number of aliphatic hydroxyl groups is 1. The van der Waals surface area contributed by atoms with Crippen molar-refractivity contribution in [3.8, 4) is 5.75 Å². The topological polar surface area (TPSA) is 121 Å². The van der Waals surface area contributed by atoms with Crippen LogP contribution in [0.1, 0.15) is 41.0 Å². The molecule has 0 spiro atoms. The number of carbonyl (C=O) groups excluding carboxylic acids is 1. The molecule has 1 amide bonds. The minimum Gasteiger partial charge on any atom is -0.497 e. The van der Waals surface area contributed by atoms with Crippen LogP contribution >= 0.6 is 11.3 Å². The average Bonchev–Trinajstić information content (AvgIpc) is 3.41. The molecule has 0 aliphatic rings. The fraction of sp³-hybridized carbons (Fsp3) is 0.333. The van der Waals surface area contributed by atoms with Crippen molar-refractivity contribution in [1.29, 1.82) is 0 Å². The van der Waals surface area contributed by atoms with Crippen LogP contribution in [0.25, 0.3) is 0 Å². The minimum atomic E-state index is -3.95. The zero-order chi connectivity index (χ0) is 31.9. The molecule has 4 rings (SSSR count). The van der Waals surface area contributed by atoms with Crippen molar-refractivity contribution in [2.45, 2.75) is 51.2 Å². The maximum Gasteiger partial charge on any atom is 0.251 e. The first kappa shape index (κ1) is 33.1. The highest BCUT2D eigenvalue weighted by Gasteiger charge is 2.31. The molecule has 0 aliphatic heterocycles. The number of benzene rings is 3. The van der Waals surface area contributed by atoms with Crippen molar-refractivity contribution in [3.63, 3.8) is 0 Å². The standard InChI is InChI=1S/C33H40N4O5S2/c1-22(2)19-37(44(40,41)28-15-13-27(42-5)14-16-28)20-31(38)30(17-25-9-7-6-8-10-25)36-32(39)29-18-26(12-11-23(29)3)35-33-34-24(4)21-43-33/h6-16,18,21-22,30-31,38H,17,19-20H2,1-5H3,(H,34,35)(H,36,39)/t30-,31+/m0/s1. The van der Waals surface area contributed by atoms with E-state index < -0.39 is 22.2 Å². The summed E-state index contributed by atoms with van der Waals surface area (Å²) in [5.41, 5.74) is 3.72. The van der Waals surface area contributed by atoms with Gasteiger partial charge >= 0.3 is 0 Å². The fourth-order valence-corrected chi connectivity index (χ4v) is 7.12. The van der Waals surface area contributed by atoms with Crippen LogP contribution in [0.3, 0.4) is 0 Å². The lowest BCUT2D eigenvalue weighted by atomic mass is 9.99. The highest BCUT2D eigenvalue weighted by molar-refractivity contribution is 7.89. The molecule has 44 heavy (non-hydrogen) atoms. The molecule has 2 atom stereocenters. The number of amides is 1. The minimum absolute atomic E-state index is 0.00287. The van der Waals surface area contributed by atoms with Crippen molar-refractivity contribution in [2.75, 3.05) is 25.5 Å². The Morgan fingerprint density at radius 3 is 2.34 bits per heavy atom. The summed E-state index contributed by atoms with van der Waals surface area (Å²) in [6.07, 6.45) is -0.896. The van der Waals surface area contributed by atoms with E-state index in [0.29, 0.717) is 23.4 Å². The Hall–Kier alpha value is -3.77. The van der Waals surface area contributed by atoms with Gasteiger partial charge in [-0.25, -0.2) is 13.4 Å². The summed E-state index contributed by atoms with van der Waals surface area (Å²) in [7, 11) is -2.44. The van der Waals surface area contributed by atoms with Gasteiger partial charge in [0.05, 0.1) is 29.8 Å². The van der Waals surface area contributed by atoms with E-state index in [2.05, 4.69) is 15.6 Å². The largest absolute Gasteiger partial charge is 0.497 e. The van der Waals surface area contributed by atoms with Gasteiger partial charge in [-0.1, -0.05) is 50.2 Å². The molecule has 0 unspecified atom stereocenters. The third-order valence-electron chi connectivity index (χ3n) is 7.09. The first-order valence-corrected chi connectivity index (χ1v) is 16.7. The zero-order valence-electron chi connectivity index (χ0n) is 25.7. The van der Waals surface area contributed by atoms with E-state index >= 15 is 0 Å². The molecule has 0 saturated heterocycles. The highest BCUT2D eigenvalue weighted by Crippen LogP contribution is 2.24. The molecule has 0 saturated carbocycles. The Kier molecular flexibility index (Phi) is 11.1. The second-order valence-corrected chi connectivity index (χ2v) is 14.0. The van der Waals surface area contributed by atoms with E-state index in [1.165, 1.54) is 34.9 Å². The molecular formula is C33H40N4O5S2. The zero-order valence-corrected chi connectivity index (χ0v) is 27.3. The monoisotopic (exact) mass is 636 g/mol. The summed E-state index contributed by atoms with van der Waals surface area (Å²) in [6, 6.07) is 20.4. The van der Waals surface area contributed by atoms with Crippen LogP contribution in [-0.2, 0) is 16.4 Å². The lowest BCUT2D eigenvalue weighted by Gasteiger charge is -2.31. The number of aliphatic hydroxyl groups excluding tert-OH is 1. The van der Waals surface area contributed by atoms with E-state index in [-0.39, 0.29) is 29.8 Å². The van der Waals surface area contributed by atoms with Crippen molar-refractivity contribution < 1.29 is 23.1 Å². The van der Waals surface area contributed by atoms with Gasteiger partial charge in [0.25, 0.3) is 5.91 Å². The van der Waals surface area contributed by atoms with Gasteiger partial charge in [0, 0.05) is 29.7 Å². The van der Waals surface area contributed by atoms with Crippen molar-refractivity contribution in [1.82, 2.24) is 14.6 Å². The van der Waals surface area contributed by atoms with Gasteiger partial charge in [0.1, 0.15) is 5.75 Å². The van der Waals surface area contributed by atoms with Crippen LogP contribution in [-0.4, -0.2) is 61.1 Å². The molecule has 0 fully saturated rings. The molecule has 3 aromatic carbocycles. The molecule has 1 aromatic heterocycles. The van der Waals surface area contributed by atoms with Crippen molar-refractivity contribution in [3.05, 3.63) is 101 Å². The molecule has 9 nitrogen and oxygen atoms in total. The maximum atomic E-state index is 13.7. The molecule has 4 aromatic rings. The molecule has 234 valence electrons. The van der Waals surface area contributed by atoms with Crippen LogP contribution in [0.15, 0.2) is 83.1 Å². The Morgan fingerprint density at radius 1 is 1.02 bits per heavy atom. The molecule has 0 radical (unpaired) electrons. The SMILES string of the molecule is COc1ccc(S(=O)(=O)N(CC(C)C)C[C@@H](O)[C@H](Cc2ccccc2)NC(=O)c2cc(Nc3nc(C)cs3)ccc2C)cc1. The summed E-state index contributed by atoms with van der Waals surface area (Å²) in [4.78, 5) is 18.3. The molecule has 3 N–H and O–H groups in total. The van der Waals surface area contributed by atoms with Gasteiger partial charge in [-0.3, -0.25) is 4.79 Å². The Balaban J connectivity index is 1.60. The Labute approximate surface area is 264 Å². The van der Waals surface area contributed by atoms with Crippen molar-refractivity contribution >= 4 is 38.1 Å². The number of rotatable bonds is 14. The number of nitrogens with zero attached hydrogens (tertiary/aromatic N) is 2. The normalized spacial score (nSPS) is 13.1. The van der Waals surface area contributed by atoms with E-state index in [0.717, 1.165) is 22.0 Å². The number of sulfonamides is 1. The number of hydrogen-bond donors (Lipinski definition) is 3. The van der Waals surface area contributed by atoms with Crippen LogP contribution in [0.4, 0.5) is 10.8 Å². The predicted octanol–water partition coefficient (Wildman–Crippen LogP) is 5.56. The molecular weight excluding hydrogens is 597 g/mol. The molecule has 1 heterocycles. The van der Waals surface area contributed by atoms with Crippen LogP contribution in [0.2, 0.25) is 0 Å². The fourth-order valence-electron chi connectivity index (χ4n) is 4.79. The van der Waals surface area contributed by atoms with Crippen LogP contribution in [0, 0.1) is 19.8 Å². The number of hydrogen-bond acceptors (Lipinski definition) is 8. The summed E-state index contributed by atoms with van der Waals surface area (Å²) >= 11 is 1.47. The number of ether oxygens (including phenoxy) is 1. The second kappa shape index (κ2) is 14.8. The average molecular weight is 637 g/mol. The van der Waals surface area contributed by atoms with Gasteiger partial charge in [-0.05, 0) is 73.7 Å². The number of methoxy groups -OCH3 is 1. The smallest absolute Gasteiger partial charge is 0.251 e.